The second-order valence-corrected chi connectivity index (χ2v) is 15.2. The number of aromatic hydroxyl groups is 2. The van der Waals surface area contributed by atoms with E-state index in [-0.39, 0.29) is 22.4 Å². The molecular weight excluding hydrogens is 753 g/mol. The van der Waals surface area contributed by atoms with Crippen LogP contribution < -0.4 is 10.1 Å². The normalized spacial score (nSPS) is 28.1. The number of hydrogen-bond acceptors (Lipinski definition) is 14. The number of fused-ring (bicyclic) bond motifs is 3. The van der Waals surface area contributed by atoms with Crippen molar-refractivity contribution in [3.05, 3.63) is 63.2 Å². The van der Waals surface area contributed by atoms with Crippen LogP contribution in [0.4, 0.5) is 13.2 Å². The molecule has 16 nitrogen and oxygen atoms in total. The van der Waals surface area contributed by atoms with E-state index in [0.29, 0.717) is 5.06 Å². The highest BCUT2D eigenvalue weighted by molar-refractivity contribution is 6.31. The van der Waals surface area contributed by atoms with E-state index in [1.807, 2.05) is 0 Å². The van der Waals surface area contributed by atoms with Crippen molar-refractivity contribution in [3.63, 3.8) is 0 Å². The Hall–Kier alpha value is -4.92. The van der Waals surface area contributed by atoms with Gasteiger partial charge in [-0.3, -0.25) is 14.4 Å². The molecule has 19 heteroatoms. The third-order valence-electron chi connectivity index (χ3n) is 10.6. The van der Waals surface area contributed by atoms with Crippen LogP contribution in [0.25, 0.3) is 0 Å². The maximum absolute atomic E-state index is 14.0. The number of rotatable bonds is 6. The van der Waals surface area contributed by atoms with Gasteiger partial charge in [-0.15, -0.1) is 10.3 Å². The lowest BCUT2D eigenvalue weighted by molar-refractivity contribution is -0.251. The number of nitrogens with one attached hydrogen (secondary N) is 1. The molecule has 0 saturated carbocycles. The van der Waals surface area contributed by atoms with Crippen molar-refractivity contribution in [2.45, 2.75) is 107 Å². The third kappa shape index (κ3) is 6.50. The van der Waals surface area contributed by atoms with Gasteiger partial charge in [-0.2, -0.15) is 13.2 Å². The molecule has 1 amide bonds. The molecule has 4 aliphatic rings. The number of phenols is 2. The summed E-state index contributed by atoms with van der Waals surface area (Å²) in [6.07, 6.45) is -13.0. The molecule has 6 atom stereocenters. The summed E-state index contributed by atoms with van der Waals surface area (Å²) >= 11 is 0. The lowest BCUT2D eigenvalue weighted by Crippen LogP contribution is -2.57. The van der Waals surface area contributed by atoms with E-state index in [2.05, 4.69) is 0 Å². The highest BCUT2D eigenvalue weighted by Crippen LogP contribution is 2.53. The number of aliphatic hydroxyl groups excluding tert-OH is 1. The highest BCUT2D eigenvalue weighted by Gasteiger charge is 2.54. The van der Waals surface area contributed by atoms with Crippen molar-refractivity contribution in [2.24, 2.45) is 0 Å². The summed E-state index contributed by atoms with van der Waals surface area (Å²) in [6, 6.07) is 2.44. The van der Waals surface area contributed by atoms with Crippen molar-refractivity contribution in [2.75, 3.05) is 7.11 Å². The van der Waals surface area contributed by atoms with Gasteiger partial charge in [-0.1, -0.05) is 12.1 Å². The molecule has 6 rings (SSSR count). The molecule has 56 heavy (non-hydrogen) atoms. The Kier molecular flexibility index (Phi) is 9.91. The fourth-order valence-electron chi connectivity index (χ4n) is 7.87. The van der Waals surface area contributed by atoms with Gasteiger partial charge >= 0.3 is 24.0 Å². The topological polar surface area (TPSA) is 238 Å². The number of nitrogens with zero attached hydrogens (tertiary/aromatic N) is 1. The molecule has 0 unspecified atom stereocenters. The second-order valence-electron chi connectivity index (χ2n) is 15.2. The van der Waals surface area contributed by atoms with Gasteiger partial charge in [0.1, 0.15) is 23.4 Å². The first-order valence-corrected chi connectivity index (χ1v) is 17.3. The molecule has 5 N–H and O–H groups in total. The van der Waals surface area contributed by atoms with E-state index in [1.165, 1.54) is 66.0 Å². The number of phenolic OH excluding ortho intramolecular Hbond substituents is 2. The average Bonchev–Trinajstić information content (AvgIpc) is 3.28. The van der Waals surface area contributed by atoms with Crippen molar-refractivity contribution in [3.8, 4) is 17.2 Å². The van der Waals surface area contributed by atoms with E-state index >= 15 is 0 Å². The number of alkyl halides is 3. The molecule has 2 aliphatic heterocycles. The van der Waals surface area contributed by atoms with Crippen molar-refractivity contribution in [1.82, 2.24) is 10.4 Å². The van der Waals surface area contributed by atoms with Gasteiger partial charge in [0.05, 0.1) is 58.7 Å². The first kappa shape index (κ1) is 40.7. The van der Waals surface area contributed by atoms with Crippen LogP contribution in [0.3, 0.4) is 0 Å². The second kappa shape index (κ2) is 13.6. The summed E-state index contributed by atoms with van der Waals surface area (Å²) in [5.41, 5.74) is -8.52. The van der Waals surface area contributed by atoms with E-state index in [9.17, 15) is 62.8 Å². The summed E-state index contributed by atoms with van der Waals surface area (Å²) in [5.74, 6) is -9.13. The molecule has 2 heterocycles. The Morgan fingerprint density at radius 2 is 1.66 bits per heavy atom. The fourth-order valence-corrected chi connectivity index (χ4v) is 7.87. The summed E-state index contributed by atoms with van der Waals surface area (Å²) in [4.78, 5) is 66.9. The minimum Gasteiger partial charge on any atom is -0.507 e. The van der Waals surface area contributed by atoms with Crippen LogP contribution in [0, 0.1) is 0 Å². The molecule has 0 bridgehead atoms. The zero-order chi connectivity index (χ0) is 41.6. The quantitative estimate of drug-likeness (QED) is 0.137. The predicted octanol–water partition coefficient (Wildman–Crippen LogP) is 2.37. The lowest BCUT2D eigenvalue weighted by Gasteiger charge is -2.42. The number of carbonyl (C=O) groups is 5. The Labute approximate surface area is 316 Å². The van der Waals surface area contributed by atoms with Crippen LogP contribution in [0.2, 0.25) is 0 Å². The number of carbonyl (C=O) groups excluding carboxylic acids is 5. The monoisotopic (exact) mass is 791 g/mol. The molecule has 2 aliphatic carbocycles. The maximum Gasteiger partial charge on any atom is 0.471 e. The minimum absolute atomic E-state index is 0.0446. The fraction of sp³-hybridized carbons (Fsp3) is 0.486. The van der Waals surface area contributed by atoms with Gasteiger partial charge < -0.3 is 44.7 Å². The zero-order valence-corrected chi connectivity index (χ0v) is 30.8. The molecule has 1 saturated heterocycles. The summed E-state index contributed by atoms with van der Waals surface area (Å²) in [6.45, 7) is 7.09. The van der Waals surface area contributed by atoms with Crippen LogP contribution in [0.5, 0.6) is 17.2 Å². The van der Waals surface area contributed by atoms with Crippen molar-refractivity contribution in [1.29, 1.82) is 0 Å². The Bertz CT molecular complexity index is 2100. The van der Waals surface area contributed by atoms with Gasteiger partial charge in [-0.25, -0.2) is 9.59 Å². The molecule has 1 fully saturated rings. The average molecular weight is 792 g/mol. The maximum atomic E-state index is 14.0. The van der Waals surface area contributed by atoms with Gasteiger partial charge in [0.2, 0.25) is 5.78 Å². The largest absolute Gasteiger partial charge is 0.507 e. The minimum atomic E-state index is -5.33. The van der Waals surface area contributed by atoms with E-state index in [4.69, 9.17) is 18.9 Å². The predicted molar refractivity (Wildman–Crippen MR) is 180 cm³/mol. The first-order chi connectivity index (χ1) is 25.8. The number of hydrogen-bond donors (Lipinski definition) is 5. The number of methoxy groups -OCH3 is 1. The number of esters is 2. The number of ketones is 2. The van der Waals surface area contributed by atoms with E-state index < -0.39 is 136 Å². The lowest BCUT2D eigenvalue weighted by atomic mass is 9.73. The third-order valence-corrected chi connectivity index (χ3v) is 10.6. The summed E-state index contributed by atoms with van der Waals surface area (Å²) < 4.78 is 61.5. The molecule has 0 aromatic heterocycles. The molecule has 0 spiro atoms. The van der Waals surface area contributed by atoms with Crippen molar-refractivity contribution < 1.29 is 81.7 Å². The smallest absolute Gasteiger partial charge is 0.471 e. The van der Waals surface area contributed by atoms with Gasteiger partial charge in [0, 0.05) is 36.0 Å². The number of ether oxygens (including phenoxy) is 4. The van der Waals surface area contributed by atoms with Gasteiger partial charge in [-0.05, 0) is 46.8 Å². The number of hydroxylamine groups is 2. The summed E-state index contributed by atoms with van der Waals surface area (Å²) in [5, 5.41) is 61.2. The van der Waals surface area contributed by atoms with Crippen LogP contribution >= 0.6 is 0 Å². The standard InChI is InChI=1S/C37H38F3N2O14/c1-14-26(43)18(41-32(49)37(38,39)40)10-21(54-14)55-20-13-36(51,33(50)56-31(48)17-12-34(2,3)42(52)35(17,4)5)11-16-23(20)30(47)25-24(28(16)45)27(44)15-8-7-9-19(53-6)22(15)29(25)46/h7-9,12,14,18,20-21,26,43,45,47,51H,10-11,13H2,1-6H3,(H,41,49)/t14-,18-,20-,21-,26+,36-/m0/s1. The number of benzene rings is 2. The number of halogens is 3. The number of aliphatic hydroxyl groups is 2. The first-order valence-electron chi connectivity index (χ1n) is 17.3. The molecule has 1 radical (unpaired) electrons. The van der Waals surface area contributed by atoms with Crippen LogP contribution in [0.15, 0.2) is 29.8 Å². The Morgan fingerprint density at radius 3 is 2.25 bits per heavy atom. The van der Waals surface area contributed by atoms with Gasteiger partial charge in [0.15, 0.2) is 17.7 Å². The van der Waals surface area contributed by atoms with E-state index in [0.717, 1.165) is 0 Å². The molecule has 2 aromatic rings. The Morgan fingerprint density at radius 1 is 1.02 bits per heavy atom. The van der Waals surface area contributed by atoms with Crippen LogP contribution in [-0.4, -0.2) is 109 Å². The van der Waals surface area contributed by atoms with Crippen molar-refractivity contribution >= 4 is 29.4 Å². The molecule has 2 aromatic carbocycles. The van der Waals surface area contributed by atoms with E-state index in [1.54, 1.807) is 5.32 Å². The highest BCUT2D eigenvalue weighted by atomic mass is 19.4. The SMILES string of the molecule is COc1cccc2c1C(=O)c1c(O)c3c(c(O)c1C2=O)C[C@@](O)(C(=O)OC(=O)C1=CC(C)(C)N([O])C1(C)C)C[C@@H]3O[C@H]1C[C@H](NC(=O)C(F)(F)F)[C@H](O)[C@H](C)O1. The zero-order valence-electron chi connectivity index (χ0n) is 30.8. The Balaban J connectivity index is 1.43. The molecular formula is C37H38F3N2O14. The number of amides is 1. The van der Waals surface area contributed by atoms with Gasteiger partial charge in [0.25, 0.3) is 0 Å². The summed E-state index contributed by atoms with van der Waals surface area (Å²) in [7, 11) is 1.23. The van der Waals surface area contributed by atoms with Crippen LogP contribution in [0.1, 0.15) is 96.5 Å². The molecule has 301 valence electrons. The van der Waals surface area contributed by atoms with Crippen LogP contribution in [-0.2, 0) is 40.2 Å².